The normalized spacial score (nSPS) is 14.7. The minimum Gasteiger partial charge on any atom is -0.497 e. The maximum atomic E-state index is 12.1. The molecule has 21 heavy (non-hydrogen) atoms. The summed E-state index contributed by atoms with van der Waals surface area (Å²) in [6, 6.07) is 5.58. The van der Waals surface area contributed by atoms with Gasteiger partial charge in [0.2, 0.25) is 5.91 Å². The second-order valence-electron chi connectivity index (χ2n) is 5.18. The lowest BCUT2D eigenvalue weighted by Crippen LogP contribution is -2.36. The number of rotatable bonds is 6. The summed E-state index contributed by atoms with van der Waals surface area (Å²) in [4.78, 5) is 14.1. The Morgan fingerprint density at radius 2 is 1.95 bits per heavy atom. The highest BCUT2D eigenvalue weighted by Gasteiger charge is 2.16. The molecule has 1 aliphatic heterocycles. The second-order valence-corrected chi connectivity index (χ2v) is 5.18. The maximum Gasteiger partial charge on any atom is 0.224 e. The lowest BCUT2D eigenvalue weighted by atomic mass is 10.1. The summed E-state index contributed by atoms with van der Waals surface area (Å²) < 4.78 is 10.5. The van der Waals surface area contributed by atoms with Gasteiger partial charge < -0.3 is 19.7 Å². The van der Waals surface area contributed by atoms with Crippen LogP contribution in [-0.4, -0.2) is 44.7 Å². The Bertz CT molecular complexity index is 471. The standard InChI is InChI=1S/C16H24N2O3/c1-20-13-6-7-15(21-2)14(12-13)17-9-8-16(19)18-10-4-3-5-11-18/h6-7,12,17H,3-5,8-11H2,1-2H3. The molecular weight excluding hydrogens is 268 g/mol. The van der Waals surface area contributed by atoms with Gasteiger partial charge >= 0.3 is 0 Å². The van der Waals surface area contributed by atoms with Crippen LogP contribution in [0, 0.1) is 0 Å². The van der Waals surface area contributed by atoms with Gasteiger partial charge in [0.1, 0.15) is 11.5 Å². The van der Waals surface area contributed by atoms with Crippen LogP contribution in [-0.2, 0) is 4.79 Å². The predicted octanol–water partition coefficient (Wildman–Crippen LogP) is 2.52. The Balaban J connectivity index is 1.86. The summed E-state index contributed by atoms with van der Waals surface area (Å²) in [5, 5.41) is 3.26. The average Bonchev–Trinajstić information content (AvgIpc) is 2.55. The highest BCUT2D eigenvalue weighted by molar-refractivity contribution is 5.77. The average molecular weight is 292 g/mol. The van der Waals surface area contributed by atoms with Crippen molar-refractivity contribution in [1.82, 2.24) is 4.90 Å². The summed E-state index contributed by atoms with van der Waals surface area (Å²) in [6.45, 7) is 2.40. The van der Waals surface area contributed by atoms with E-state index >= 15 is 0 Å². The molecule has 1 aromatic carbocycles. The van der Waals surface area contributed by atoms with Gasteiger partial charge in [-0.1, -0.05) is 0 Å². The zero-order chi connectivity index (χ0) is 15.1. The van der Waals surface area contributed by atoms with Gasteiger partial charge in [-0.2, -0.15) is 0 Å². The molecular formula is C16H24N2O3. The Labute approximate surface area is 126 Å². The van der Waals surface area contributed by atoms with E-state index in [4.69, 9.17) is 9.47 Å². The molecule has 1 aromatic rings. The number of amides is 1. The third-order valence-corrected chi connectivity index (χ3v) is 3.77. The smallest absolute Gasteiger partial charge is 0.224 e. The first-order valence-electron chi connectivity index (χ1n) is 7.48. The SMILES string of the molecule is COc1ccc(OC)c(NCCC(=O)N2CCCCC2)c1. The fourth-order valence-corrected chi connectivity index (χ4v) is 2.56. The van der Waals surface area contributed by atoms with E-state index in [0.29, 0.717) is 13.0 Å². The Kier molecular flexibility index (Phi) is 5.72. The van der Waals surface area contributed by atoms with Crippen LogP contribution in [0.5, 0.6) is 11.5 Å². The van der Waals surface area contributed by atoms with Crippen LogP contribution in [0.4, 0.5) is 5.69 Å². The van der Waals surface area contributed by atoms with E-state index in [1.165, 1.54) is 6.42 Å². The molecule has 0 radical (unpaired) electrons. The van der Waals surface area contributed by atoms with Crippen molar-refractivity contribution in [2.24, 2.45) is 0 Å². The number of hydrogen-bond acceptors (Lipinski definition) is 4. The monoisotopic (exact) mass is 292 g/mol. The van der Waals surface area contributed by atoms with E-state index in [-0.39, 0.29) is 5.91 Å². The topological polar surface area (TPSA) is 50.8 Å². The first-order valence-corrected chi connectivity index (χ1v) is 7.48. The Morgan fingerprint density at radius 1 is 1.19 bits per heavy atom. The molecule has 0 aliphatic carbocycles. The molecule has 0 aromatic heterocycles. The summed E-state index contributed by atoms with van der Waals surface area (Å²) in [5.74, 6) is 1.74. The first kappa shape index (κ1) is 15.5. The Morgan fingerprint density at radius 3 is 2.62 bits per heavy atom. The number of carbonyl (C=O) groups excluding carboxylic acids is 1. The molecule has 0 atom stereocenters. The molecule has 1 aliphatic rings. The van der Waals surface area contributed by atoms with Crippen LogP contribution in [0.2, 0.25) is 0 Å². The zero-order valence-electron chi connectivity index (χ0n) is 12.9. The van der Waals surface area contributed by atoms with Crippen molar-refractivity contribution >= 4 is 11.6 Å². The van der Waals surface area contributed by atoms with Gasteiger partial charge in [-0.3, -0.25) is 4.79 Å². The first-order chi connectivity index (χ1) is 10.2. The van der Waals surface area contributed by atoms with Crippen molar-refractivity contribution in [3.63, 3.8) is 0 Å². The van der Waals surface area contributed by atoms with Crippen LogP contribution in [0.25, 0.3) is 0 Å². The lowest BCUT2D eigenvalue weighted by molar-refractivity contribution is -0.131. The highest BCUT2D eigenvalue weighted by Crippen LogP contribution is 2.28. The number of ether oxygens (including phenoxy) is 2. The number of likely N-dealkylation sites (tertiary alicyclic amines) is 1. The van der Waals surface area contributed by atoms with Crippen LogP contribution in [0.15, 0.2) is 18.2 Å². The van der Waals surface area contributed by atoms with E-state index in [9.17, 15) is 4.79 Å². The summed E-state index contributed by atoms with van der Waals surface area (Å²) in [5.41, 5.74) is 0.850. The third kappa shape index (κ3) is 4.28. The number of benzene rings is 1. The number of anilines is 1. The van der Waals surface area contributed by atoms with E-state index in [1.807, 2.05) is 23.1 Å². The van der Waals surface area contributed by atoms with Crippen molar-refractivity contribution in [3.8, 4) is 11.5 Å². The number of nitrogens with zero attached hydrogens (tertiary/aromatic N) is 1. The van der Waals surface area contributed by atoms with Gasteiger partial charge in [0.05, 0.1) is 19.9 Å². The quantitative estimate of drug-likeness (QED) is 0.875. The van der Waals surface area contributed by atoms with Crippen molar-refractivity contribution in [2.75, 3.05) is 39.2 Å². The largest absolute Gasteiger partial charge is 0.497 e. The minimum absolute atomic E-state index is 0.226. The fraction of sp³-hybridized carbons (Fsp3) is 0.562. The van der Waals surface area contributed by atoms with Gasteiger partial charge in [0.25, 0.3) is 0 Å². The molecule has 1 fully saturated rings. The maximum absolute atomic E-state index is 12.1. The van der Waals surface area contributed by atoms with Gasteiger partial charge in [0, 0.05) is 32.1 Å². The summed E-state index contributed by atoms with van der Waals surface area (Å²) >= 11 is 0. The fourth-order valence-electron chi connectivity index (χ4n) is 2.56. The van der Waals surface area contributed by atoms with E-state index in [2.05, 4.69) is 5.32 Å². The van der Waals surface area contributed by atoms with Gasteiger partial charge in [-0.25, -0.2) is 0 Å². The number of methoxy groups -OCH3 is 2. The Hall–Kier alpha value is -1.91. The van der Waals surface area contributed by atoms with Crippen LogP contribution >= 0.6 is 0 Å². The highest BCUT2D eigenvalue weighted by atomic mass is 16.5. The minimum atomic E-state index is 0.226. The molecule has 116 valence electrons. The second kappa shape index (κ2) is 7.76. The van der Waals surface area contributed by atoms with E-state index in [1.54, 1.807) is 14.2 Å². The summed E-state index contributed by atoms with van der Waals surface area (Å²) in [7, 11) is 3.26. The molecule has 0 spiro atoms. The van der Waals surface area contributed by atoms with E-state index < -0.39 is 0 Å². The zero-order valence-corrected chi connectivity index (χ0v) is 12.9. The molecule has 5 heteroatoms. The van der Waals surface area contributed by atoms with Crippen molar-refractivity contribution in [3.05, 3.63) is 18.2 Å². The van der Waals surface area contributed by atoms with Gasteiger partial charge in [0.15, 0.2) is 0 Å². The van der Waals surface area contributed by atoms with Crippen molar-refractivity contribution in [2.45, 2.75) is 25.7 Å². The summed E-state index contributed by atoms with van der Waals surface area (Å²) in [6.07, 6.45) is 4.00. The number of hydrogen-bond donors (Lipinski definition) is 1. The van der Waals surface area contributed by atoms with Crippen molar-refractivity contribution < 1.29 is 14.3 Å². The van der Waals surface area contributed by atoms with Gasteiger partial charge in [-0.15, -0.1) is 0 Å². The molecule has 1 saturated heterocycles. The molecule has 0 saturated carbocycles. The van der Waals surface area contributed by atoms with Crippen LogP contribution in [0.3, 0.4) is 0 Å². The molecule has 0 bridgehead atoms. The molecule has 2 rings (SSSR count). The van der Waals surface area contributed by atoms with Crippen molar-refractivity contribution in [1.29, 1.82) is 0 Å². The predicted molar refractivity (Wildman–Crippen MR) is 83.1 cm³/mol. The van der Waals surface area contributed by atoms with Crippen LogP contribution in [0.1, 0.15) is 25.7 Å². The number of piperidine rings is 1. The molecule has 5 nitrogen and oxygen atoms in total. The van der Waals surface area contributed by atoms with E-state index in [0.717, 1.165) is 43.1 Å². The van der Waals surface area contributed by atoms with Crippen LogP contribution < -0.4 is 14.8 Å². The number of nitrogens with one attached hydrogen (secondary N) is 1. The third-order valence-electron chi connectivity index (χ3n) is 3.77. The number of carbonyl (C=O) groups is 1. The molecule has 0 unspecified atom stereocenters. The van der Waals surface area contributed by atoms with Gasteiger partial charge in [-0.05, 0) is 31.4 Å². The molecule has 1 amide bonds. The molecule has 1 N–H and O–H groups in total. The molecule has 1 heterocycles. The lowest BCUT2D eigenvalue weighted by Gasteiger charge is -2.26.